The van der Waals surface area contributed by atoms with E-state index >= 15 is 0 Å². The van der Waals surface area contributed by atoms with E-state index in [1.807, 2.05) is 0 Å². The van der Waals surface area contributed by atoms with Crippen molar-refractivity contribution >= 4 is 18.1 Å². The molecule has 0 unspecified atom stereocenters. The lowest BCUT2D eigenvalue weighted by Crippen LogP contribution is -2.05. The van der Waals surface area contributed by atoms with Crippen LogP contribution in [0, 0.1) is 6.92 Å². The fraction of sp³-hybridized carbons (Fsp3) is 0.214. The standard InChI is InChI=1S/C14H15N5O3/c1-9-13(21)12(11(6-17-9)8-22-10(2)20)7-18-19-14-15-4-3-5-16-14/h3-7,21H,8H2,1-2H3,(H,15,16,19)/b18-7+. The van der Waals surface area contributed by atoms with Crippen molar-refractivity contribution in [2.75, 3.05) is 5.43 Å². The summed E-state index contributed by atoms with van der Waals surface area (Å²) in [5, 5.41) is 14.1. The summed E-state index contributed by atoms with van der Waals surface area (Å²) in [6, 6.07) is 1.68. The highest BCUT2D eigenvalue weighted by molar-refractivity contribution is 5.86. The van der Waals surface area contributed by atoms with Crippen molar-refractivity contribution in [3.05, 3.63) is 41.5 Å². The largest absolute Gasteiger partial charge is 0.505 e. The zero-order valence-corrected chi connectivity index (χ0v) is 12.1. The van der Waals surface area contributed by atoms with E-state index in [4.69, 9.17) is 4.74 Å². The monoisotopic (exact) mass is 301 g/mol. The lowest BCUT2D eigenvalue weighted by Gasteiger charge is -2.09. The molecule has 114 valence electrons. The molecule has 0 aliphatic heterocycles. The molecular formula is C14H15N5O3. The van der Waals surface area contributed by atoms with Gasteiger partial charge in [-0.05, 0) is 13.0 Å². The summed E-state index contributed by atoms with van der Waals surface area (Å²) in [7, 11) is 0. The highest BCUT2D eigenvalue weighted by Gasteiger charge is 2.11. The van der Waals surface area contributed by atoms with Gasteiger partial charge in [0.1, 0.15) is 12.4 Å². The van der Waals surface area contributed by atoms with Crippen LogP contribution in [0.3, 0.4) is 0 Å². The quantitative estimate of drug-likeness (QED) is 0.488. The average Bonchev–Trinajstić information content (AvgIpc) is 2.51. The molecule has 0 fully saturated rings. The minimum absolute atomic E-state index is 0.000631. The van der Waals surface area contributed by atoms with E-state index in [0.717, 1.165) is 0 Å². The van der Waals surface area contributed by atoms with Gasteiger partial charge in [-0.2, -0.15) is 5.10 Å². The Kier molecular flexibility index (Phi) is 4.97. The number of hydrogen-bond acceptors (Lipinski definition) is 8. The molecule has 0 aromatic carbocycles. The zero-order valence-electron chi connectivity index (χ0n) is 12.1. The number of hydrazone groups is 1. The molecule has 0 bridgehead atoms. The number of ether oxygens (including phenoxy) is 1. The van der Waals surface area contributed by atoms with Crippen LogP contribution >= 0.6 is 0 Å². The summed E-state index contributed by atoms with van der Waals surface area (Å²) in [4.78, 5) is 22.9. The molecule has 0 aliphatic carbocycles. The van der Waals surface area contributed by atoms with Crippen molar-refractivity contribution in [1.29, 1.82) is 0 Å². The van der Waals surface area contributed by atoms with Gasteiger partial charge in [0.25, 0.3) is 0 Å². The number of hydrogen-bond donors (Lipinski definition) is 2. The maximum atomic E-state index is 10.9. The molecule has 2 aromatic heterocycles. The van der Waals surface area contributed by atoms with Gasteiger partial charge < -0.3 is 9.84 Å². The Morgan fingerprint density at radius 1 is 1.41 bits per heavy atom. The van der Waals surface area contributed by atoms with Crippen LogP contribution in [0.1, 0.15) is 23.7 Å². The number of aromatic hydroxyl groups is 1. The van der Waals surface area contributed by atoms with E-state index in [1.165, 1.54) is 19.3 Å². The molecule has 0 spiro atoms. The molecular weight excluding hydrogens is 286 g/mol. The van der Waals surface area contributed by atoms with Crippen molar-refractivity contribution in [1.82, 2.24) is 15.0 Å². The number of nitrogens with one attached hydrogen (secondary N) is 1. The third-order valence-electron chi connectivity index (χ3n) is 2.71. The van der Waals surface area contributed by atoms with Gasteiger partial charge in [0.15, 0.2) is 0 Å². The van der Waals surface area contributed by atoms with E-state index in [1.54, 1.807) is 25.4 Å². The fourth-order valence-electron chi connectivity index (χ4n) is 1.60. The van der Waals surface area contributed by atoms with Gasteiger partial charge in [-0.3, -0.25) is 9.78 Å². The predicted molar refractivity (Wildman–Crippen MR) is 79.4 cm³/mol. The Hall–Kier alpha value is -3.03. The molecule has 0 saturated heterocycles. The number of carbonyl (C=O) groups is 1. The Morgan fingerprint density at radius 2 is 2.14 bits per heavy atom. The van der Waals surface area contributed by atoms with Crippen LogP contribution in [0.5, 0.6) is 5.75 Å². The lowest BCUT2D eigenvalue weighted by atomic mass is 10.1. The lowest BCUT2D eigenvalue weighted by molar-refractivity contribution is -0.142. The molecule has 0 radical (unpaired) electrons. The molecule has 2 N–H and O–H groups in total. The van der Waals surface area contributed by atoms with Crippen molar-refractivity contribution in [3.8, 4) is 5.75 Å². The predicted octanol–water partition coefficient (Wildman–Crippen LogP) is 1.39. The van der Waals surface area contributed by atoms with Gasteiger partial charge in [-0.1, -0.05) is 0 Å². The summed E-state index contributed by atoms with van der Waals surface area (Å²) >= 11 is 0. The first kappa shape index (κ1) is 15.4. The van der Waals surface area contributed by atoms with Gasteiger partial charge in [0.05, 0.1) is 11.9 Å². The van der Waals surface area contributed by atoms with E-state index in [0.29, 0.717) is 22.8 Å². The summed E-state index contributed by atoms with van der Waals surface area (Å²) in [5.41, 5.74) is 4.04. The smallest absolute Gasteiger partial charge is 0.302 e. The Labute approximate surface area is 126 Å². The first-order valence-corrected chi connectivity index (χ1v) is 6.45. The minimum atomic E-state index is -0.418. The second-order valence-corrected chi connectivity index (χ2v) is 4.35. The van der Waals surface area contributed by atoms with Crippen molar-refractivity contribution < 1.29 is 14.6 Å². The molecule has 0 amide bonds. The summed E-state index contributed by atoms with van der Waals surface area (Å²) < 4.78 is 4.93. The first-order chi connectivity index (χ1) is 10.6. The highest BCUT2D eigenvalue weighted by atomic mass is 16.5. The Balaban J connectivity index is 2.20. The molecule has 2 aromatic rings. The van der Waals surface area contributed by atoms with Crippen molar-refractivity contribution in [2.45, 2.75) is 20.5 Å². The van der Waals surface area contributed by atoms with E-state index < -0.39 is 5.97 Å². The molecule has 22 heavy (non-hydrogen) atoms. The third-order valence-corrected chi connectivity index (χ3v) is 2.71. The van der Waals surface area contributed by atoms with Gasteiger partial charge in [-0.15, -0.1) is 0 Å². The van der Waals surface area contributed by atoms with Crippen LogP contribution in [-0.4, -0.2) is 32.2 Å². The number of aryl methyl sites for hydroxylation is 1. The van der Waals surface area contributed by atoms with Crippen LogP contribution in [0.4, 0.5) is 5.95 Å². The maximum absolute atomic E-state index is 10.9. The number of esters is 1. The van der Waals surface area contributed by atoms with Gasteiger partial charge in [-0.25, -0.2) is 15.4 Å². The van der Waals surface area contributed by atoms with Crippen molar-refractivity contribution in [2.24, 2.45) is 5.10 Å². The van der Waals surface area contributed by atoms with Crippen LogP contribution < -0.4 is 5.43 Å². The second kappa shape index (κ2) is 7.11. The van der Waals surface area contributed by atoms with Crippen molar-refractivity contribution in [3.63, 3.8) is 0 Å². The molecule has 8 nitrogen and oxygen atoms in total. The maximum Gasteiger partial charge on any atom is 0.302 e. The topological polar surface area (TPSA) is 110 Å². The normalized spacial score (nSPS) is 10.6. The number of nitrogens with zero attached hydrogens (tertiary/aromatic N) is 4. The third kappa shape index (κ3) is 3.98. The van der Waals surface area contributed by atoms with E-state index in [2.05, 4.69) is 25.5 Å². The Bertz CT molecular complexity index is 688. The zero-order chi connectivity index (χ0) is 15.9. The fourth-order valence-corrected chi connectivity index (χ4v) is 1.60. The minimum Gasteiger partial charge on any atom is -0.505 e. The summed E-state index contributed by atoms with van der Waals surface area (Å²) in [6.45, 7) is 2.97. The molecule has 0 aliphatic rings. The SMILES string of the molecule is CC(=O)OCc1cnc(C)c(O)c1/C=N/Nc1ncccn1. The number of anilines is 1. The number of pyridine rings is 1. The number of aromatic nitrogens is 3. The van der Waals surface area contributed by atoms with Crippen LogP contribution in [0.2, 0.25) is 0 Å². The Morgan fingerprint density at radius 3 is 2.82 bits per heavy atom. The number of carbonyl (C=O) groups excluding carboxylic acids is 1. The van der Waals surface area contributed by atoms with E-state index in [-0.39, 0.29) is 12.4 Å². The van der Waals surface area contributed by atoms with E-state index in [9.17, 15) is 9.90 Å². The molecule has 0 saturated carbocycles. The van der Waals surface area contributed by atoms with Gasteiger partial charge in [0, 0.05) is 36.6 Å². The van der Waals surface area contributed by atoms with Crippen LogP contribution in [-0.2, 0) is 16.1 Å². The second-order valence-electron chi connectivity index (χ2n) is 4.35. The highest BCUT2D eigenvalue weighted by Crippen LogP contribution is 2.22. The summed E-state index contributed by atoms with van der Waals surface area (Å²) in [6.07, 6.45) is 6.08. The number of rotatable bonds is 5. The van der Waals surface area contributed by atoms with Gasteiger partial charge >= 0.3 is 5.97 Å². The summed E-state index contributed by atoms with van der Waals surface area (Å²) in [5.74, 6) is -0.117. The average molecular weight is 301 g/mol. The molecule has 0 atom stereocenters. The van der Waals surface area contributed by atoms with Gasteiger partial charge in [0.2, 0.25) is 5.95 Å². The van der Waals surface area contributed by atoms with Crippen LogP contribution in [0.15, 0.2) is 29.8 Å². The van der Waals surface area contributed by atoms with Crippen LogP contribution in [0.25, 0.3) is 0 Å². The molecule has 8 heteroatoms. The molecule has 2 rings (SSSR count). The first-order valence-electron chi connectivity index (χ1n) is 6.45. The molecule has 2 heterocycles.